The van der Waals surface area contributed by atoms with Crippen LogP contribution in [0.1, 0.15) is 47.0 Å². The van der Waals surface area contributed by atoms with Gasteiger partial charge in [-0.1, -0.05) is 13.8 Å². The molecule has 5 heteroatoms. The van der Waals surface area contributed by atoms with Crippen molar-refractivity contribution < 1.29 is 14.4 Å². The van der Waals surface area contributed by atoms with E-state index in [1.165, 1.54) is 4.90 Å². The summed E-state index contributed by atoms with van der Waals surface area (Å²) in [6.45, 7) is 7.49. The van der Waals surface area contributed by atoms with Gasteiger partial charge in [0.05, 0.1) is 0 Å². The summed E-state index contributed by atoms with van der Waals surface area (Å²) in [5.74, 6) is 0.234. The van der Waals surface area contributed by atoms with Crippen molar-refractivity contribution in [3.63, 3.8) is 0 Å². The van der Waals surface area contributed by atoms with Gasteiger partial charge in [-0.3, -0.25) is 19.8 Å². The molecule has 0 spiro atoms. The van der Waals surface area contributed by atoms with Gasteiger partial charge in [-0.25, -0.2) is 4.79 Å². The second kappa shape index (κ2) is 4.62. The Kier molecular flexibility index (Phi) is 3.41. The number of imide groups is 2. The number of hydrogen-bond acceptors (Lipinski definition) is 3. The summed E-state index contributed by atoms with van der Waals surface area (Å²) in [7, 11) is 0. The summed E-state index contributed by atoms with van der Waals surface area (Å²) in [4.78, 5) is 37.3. The predicted octanol–water partition coefficient (Wildman–Crippen LogP) is 1.92. The van der Waals surface area contributed by atoms with E-state index >= 15 is 0 Å². The van der Waals surface area contributed by atoms with Crippen LogP contribution in [-0.2, 0) is 9.59 Å². The van der Waals surface area contributed by atoms with E-state index in [0.717, 1.165) is 19.3 Å². The van der Waals surface area contributed by atoms with E-state index in [-0.39, 0.29) is 11.9 Å². The van der Waals surface area contributed by atoms with Gasteiger partial charge in [-0.2, -0.15) is 0 Å². The fourth-order valence-electron chi connectivity index (χ4n) is 2.89. The van der Waals surface area contributed by atoms with Gasteiger partial charge in [0.15, 0.2) is 0 Å². The van der Waals surface area contributed by atoms with Crippen LogP contribution in [-0.4, -0.2) is 28.8 Å². The zero-order valence-electron chi connectivity index (χ0n) is 12.0. The maximum atomic E-state index is 12.4. The molecule has 3 atom stereocenters. The highest BCUT2D eigenvalue weighted by Crippen LogP contribution is 2.35. The lowest BCUT2D eigenvalue weighted by Crippen LogP contribution is -2.64. The van der Waals surface area contributed by atoms with Crippen molar-refractivity contribution in [3.8, 4) is 0 Å². The number of carbonyl (C=O) groups is 3. The molecular weight excluding hydrogens is 244 g/mol. The van der Waals surface area contributed by atoms with Crippen LogP contribution >= 0.6 is 0 Å². The molecule has 106 valence electrons. The summed E-state index contributed by atoms with van der Waals surface area (Å²) < 4.78 is 0. The minimum Gasteiger partial charge on any atom is -0.277 e. The molecule has 5 nitrogen and oxygen atoms in total. The minimum atomic E-state index is -1.15. The minimum absolute atomic E-state index is 0.0777. The van der Waals surface area contributed by atoms with Crippen LogP contribution in [0, 0.1) is 17.3 Å². The van der Waals surface area contributed by atoms with E-state index < -0.39 is 17.4 Å². The lowest BCUT2D eigenvalue weighted by atomic mass is 9.77. The van der Waals surface area contributed by atoms with Crippen LogP contribution in [0.3, 0.4) is 0 Å². The van der Waals surface area contributed by atoms with E-state index in [2.05, 4.69) is 19.2 Å². The first-order chi connectivity index (χ1) is 8.75. The highest BCUT2D eigenvalue weighted by Gasteiger charge is 2.49. The SMILES string of the molecule is CC1CCC(N2C(=O)NC(=O)C(C)(C)C2=O)CC1C. The molecule has 0 aromatic heterocycles. The van der Waals surface area contributed by atoms with Crippen LogP contribution in [0.15, 0.2) is 0 Å². The average Bonchev–Trinajstić information content (AvgIpc) is 2.32. The average molecular weight is 266 g/mol. The van der Waals surface area contributed by atoms with Gasteiger partial charge in [0.2, 0.25) is 11.8 Å². The number of barbiturate groups is 1. The van der Waals surface area contributed by atoms with Gasteiger partial charge < -0.3 is 0 Å². The van der Waals surface area contributed by atoms with E-state index in [9.17, 15) is 14.4 Å². The summed E-state index contributed by atoms with van der Waals surface area (Å²) >= 11 is 0. The summed E-state index contributed by atoms with van der Waals surface area (Å²) in [6, 6.07) is -0.632. The third kappa shape index (κ3) is 2.26. The normalized spacial score (nSPS) is 35.3. The molecule has 1 saturated carbocycles. The maximum Gasteiger partial charge on any atom is 0.331 e. The Morgan fingerprint density at radius 1 is 1.11 bits per heavy atom. The molecule has 1 heterocycles. The monoisotopic (exact) mass is 266 g/mol. The Hall–Kier alpha value is -1.39. The Labute approximate surface area is 113 Å². The summed E-state index contributed by atoms with van der Waals surface area (Å²) in [6.07, 6.45) is 2.66. The topological polar surface area (TPSA) is 66.5 Å². The molecule has 2 aliphatic rings. The molecular formula is C14H22N2O3. The van der Waals surface area contributed by atoms with Crippen molar-refractivity contribution in [3.05, 3.63) is 0 Å². The number of rotatable bonds is 1. The van der Waals surface area contributed by atoms with Gasteiger partial charge in [0.25, 0.3) is 0 Å². The lowest BCUT2D eigenvalue weighted by Gasteiger charge is -2.42. The first kappa shape index (κ1) is 14.0. The zero-order chi connectivity index (χ0) is 14.4. The smallest absolute Gasteiger partial charge is 0.277 e. The Morgan fingerprint density at radius 3 is 2.32 bits per heavy atom. The zero-order valence-corrected chi connectivity index (χ0v) is 12.0. The van der Waals surface area contributed by atoms with Crippen molar-refractivity contribution in [1.29, 1.82) is 0 Å². The van der Waals surface area contributed by atoms with E-state index in [1.807, 2.05) is 0 Å². The number of carbonyl (C=O) groups excluding carboxylic acids is 3. The van der Waals surface area contributed by atoms with Gasteiger partial charge in [-0.15, -0.1) is 0 Å². The standard InChI is InChI=1S/C14H22N2O3/c1-8-5-6-10(7-9(8)2)16-12(18)14(3,4)11(17)15-13(16)19/h8-10H,5-7H2,1-4H3,(H,15,17,19). The van der Waals surface area contributed by atoms with Crippen LogP contribution < -0.4 is 5.32 Å². The van der Waals surface area contributed by atoms with Crippen LogP contribution in [0.4, 0.5) is 4.79 Å². The number of nitrogens with one attached hydrogen (secondary N) is 1. The lowest BCUT2D eigenvalue weighted by molar-refractivity contribution is -0.151. The molecule has 19 heavy (non-hydrogen) atoms. The fourth-order valence-corrected chi connectivity index (χ4v) is 2.89. The third-order valence-corrected chi connectivity index (χ3v) is 4.70. The van der Waals surface area contributed by atoms with Gasteiger partial charge in [0, 0.05) is 6.04 Å². The van der Waals surface area contributed by atoms with E-state index in [4.69, 9.17) is 0 Å². The molecule has 0 bridgehead atoms. The van der Waals surface area contributed by atoms with E-state index in [1.54, 1.807) is 13.8 Å². The van der Waals surface area contributed by atoms with Crippen LogP contribution in [0.5, 0.6) is 0 Å². The third-order valence-electron chi connectivity index (χ3n) is 4.70. The molecule has 1 aliphatic carbocycles. The van der Waals surface area contributed by atoms with Crippen molar-refractivity contribution in [2.75, 3.05) is 0 Å². The number of hydrogen-bond donors (Lipinski definition) is 1. The quantitative estimate of drug-likeness (QED) is 0.737. The van der Waals surface area contributed by atoms with Gasteiger partial charge in [-0.05, 0) is 44.9 Å². The first-order valence-electron chi connectivity index (χ1n) is 6.94. The predicted molar refractivity (Wildman–Crippen MR) is 70.1 cm³/mol. The number of urea groups is 1. The van der Waals surface area contributed by atoms with Gasteiger partial charge in [0.1, 0.15) is 5.41 Å². The summed E-state index contributed by atoms with van der Waals surface area (Å²) in [5, 5.41) is 2.30. The van der Waals surface area contributed by atoms with Crippen molar-refractivity contribution in [2.24, 2.45) is 17.3 Å². The first-order valence-corrected chi connectivity index (χ1v) is 6.94. The molecule has 0 aromatic carbocycles. The molecule has 2 fully saturated rings. The number of nitrogens with zero attached hydrogens (tertiary/aromatic N) is 1. The molecule has 1 aliphatic heterocycles. The second-order valence-electron chi connectivity index (χ2n) is 6.48. The summed E-state index contributed by atoms with van der Waals surface area (Å²) in [5.41, 5.74) is -1.15. The largest absolute Gasteiger partial charge is 0.331 e. The second-order valence-corrected chi connectivity index (χ2v) is 6.48. The van der Waals surface area contributed by atoms with Crippen molar-refractivity contribution in [2.45, 2.75) is 53.0 Å². The van der Waals surface area contributed by atoms with E-state index in [0.29, 0.717) is 11.8 Å². The molecule has 2 rings (SSSR count). The molecule has 0 radical (unpaired) electrons. The maximum absolute atomic E-state index is 12.4. The highest BCUT2D eigenvalue weighted by molar-refractivity contribution is 6.18. The molecule has 0 aromatic rings. The molecule has 3 unspecified atom stereocenters. The Balaban J connectivity index is 2.21. The Morgan fingerprint density at radius 2 is 1.74 bits per heavy atom. The number of amides is 4. The van der Waals surface area contributed by atoms with Gasteiger partial charge >= 0.3 is 6.03 Å². The van der Waals surface area contributed by atoms with Crippen LogP contribution in [0.2, 0.25) is 0 Å². The van der Waals surface area contributed by atoms with Crippen LogP contribution in [0.25, 0.3) is 0 Å². The molecule has 4 amide bonds. The van der Waals surface area contributed by atoms with Crippen molar-refractivity contribution in [1.82, 2.24) is 10.2 Å². The van der Waals surface area contributed by atoms with Crippen molar-refractivity contribution >= 4 is 17.8 Å². The molecule has 1 saturated heterocycles. The Bertz CT molecular complexity index is 430. The fraction of sp³-hybridized carbons (Fsp3) is 0.786. The molecule has 1 N–H and O–H groups in total. The highest BCUT2D eigenvalue weighted by atomic mass is 16.2.